The molecule has 0 saturated heterocycles. The Kier molecular flexibility index (Phi) is 4.89. The highest BCUT2D eigenvalue weighted by molar-refractivity contribution is 5.87. The van der Waals surface area contributed by atoms with Crippen LogP contribution in [0.25, 0.3) is 0 Å². The first-order valence-corrected chi connectivity index (χ1v) is 4.98. The summed E-state index contributed by atoms with van der Waals surface area (Å²) in [5.41, 5.74) is -2.12. The second kappa shape index (κ2) is 5.27. The standard InChI is InChI=1S/C10H18O6/c1-5(2)10(9(14)15,16-6(3)4)7(11)8(12)13/h5-7,11H,1-4H3,(H,12,13)(H,14,15)/t7-,10+/m0/s1. The van der Waals surface area contributed by atoms with Gasteiger partial charge in [-0.3, -0.25) is 0 Å². The molecule has 0 aromatic rings. The Hall–Kier alpha value is -1.14. The van der Waals surface area contributed by atoms with Crippen molar-refractivity contribution in [3.8, 4) is 0 Å². The summed E-state index contributed by atoms with van der Waals surface area (Å²) in [4.78, 5) is 21.9. The molecule has 0 unspecified atom stereocenters. The second-order valence-corrected chi connectivity index (χ2v) is 4.16. The maximum Gasteiger partial charge on any atom is 0.339 e. The van der Waals surface area contributed by atoms with E-state index in [1.807, 2.05) is 0 Å². The number of hydrogen-bond acceptors (Lipinski definition) is 4. The van der Waals surface area contributed by atoms with Crippen molar-refractivity contribution in [1.29, 1.82) is 0 Å². The molecule has 0 aliphatic heterocycles. The van der Waals surface area contributed by atoms with Crippen LogP contribution in [0.15, 0.2) is 0 Å². The van der Waals surface area contributed by atoms with Crippen molar-refractivity contribution >= 4 is 11.9 Å². The zero-order chi connectivity index (χ0) is 13.1. The smallest absolute Gasteiger partial charge is 0.339 e. The zero-order valence-electron chi connectivity index (χ0n) is 9.80. The lowest BCUT2D eigenvalue weighted by molar-refractivity contribution is -0.210. The molecule has 94 valence electrons. The average Bonchev–Trinajstić information content (AvgIpc) is 2.11. The van der Waals surface area contributed by atoms with Gasteiger partial charge in [0.2, 0.25) is 5.60 Å². The monoisotopic (exact) mass is 234 g/mol. The number of carboxylic acids is 2. The topological polar surface area (TPSA) is 104 Å². The minimum Gasteiger partial charge on any atom is -0.479 e. The van der Waals surface area contributed by atoms with Crippen molar-refractivity contribution in [2.75, 3.05) is 0 Å². The van der Waals surface area contributed by atoms with E-state index in [2.05, 4.69) is 0 Å². The third-order valence-electron chi connectivity index (χ3n) is 2.26. The van der Waals surface area contributed by atoms with Crippen LogP contribution in [0.1, 0.15) is 27.7 Å². The number of aliphatic hydroxyl groups is 1. The van der Waals surface area contributed by atoms with Crippen molar-refractivity contribution in [3.63, 3.8) is 0 Å². The van der Waals surface area contributed by atoms with Crippen LogP contribution in [0.2, 0.25) is 0 Å². The number of rotatable bonds is 6. The third kappa shape index (κ3) is 2.70. The van der Waals surface area contributed by atoms with Crippen molar-refractivity contribution in [3.05, 3.63) is 0 Å². The van der Waals surface area contributed by atoms with Crippen LogP contribution < -0.4 is 0 Å². The largest absolute Gasteiger partial charge is 0.479 e. The van der Waals surface area contributed by atoms with Gasteiger partial charge in [0.25, 0.3) is 0 Å². The molecule has 0 saturated carbocycles. The van der Waals surface area contributed by atoms with Crippen molar-refractivity contribution in [2.45, 2.75) is 45.5 Å². The molecule has 0 heterocycles. The molecule has 0 aromatic heterocycles. The van der Waals surface area contributed by atoms with E-state index in [1.54, 1.807) is 13.8 Å². The molecular weight excluding hydrogens is 216 g/mol. The van der Waals surface area contributed by atoms with Crippen molar-refractivity contribution in [2.24, 2.45) is 5.92 Å². The molecule has 6 heteroatoms. The molecule has 0 aliphatic rings. The Morgan fingerprint density at radius 1 is 1.12 bits per heavy atom. The Bertz CT molecular complexity index is 272. The number of aliphatic hydroxyl groups excluding tert-OH is 1. The summed E-state index contributed by atoms with van der Waals surface area (Å²) in [7, 11) is 0. The number of hydrogen-bond donors (Lipinski definition) is 3. The Balaban J connectivity index is 5.43. The molecule has 16 heavy (non-hydrogen) atoms. The van der Waals surface area contributed by atoms with E-state index in [-0.39, 0.29) is 0 Å². The molecule has 6 nitrogen and oxygen atoms in total. The Morgan fingerprint density at radius 3 is 1.75 bits per heavy atom. The lowest BCUT2D eigenvalue weighted by Gasteiger charge is -2.36. The van der Waals surface area contributed by atoms with E-state index in [0.29, 0.717) is 0 Å². The first kappa shape index (κ1) is 14.9. The molecule has 0 aliphatic carbocycles. The van der Waals surface area contributed by atoms with E-state index in [4.69, 9.17) is 14.9 Å². The van der Waals surface area contributed by atoms with Gasteiger partial charge in [-0.1, -0.05) is 13.8 Å². The highest BCUT2D eigenvalue weighted by Crippen LogP contribution is 2.28. The molecule has 0 fully saturated rings. The fourth-order valence-electron chi connectivity index (χ4n) is 1.50. The van der Waals surface area contributed by atoms with Gasteiger partial charge in [-0.15, -0.1) is 0 Å². The SMILES string of the molecule is CC(C)O[C@](C(=O)O)(C(C)C)[C@@H](O)C(=O)O. The lowest BCUT2D eigenvalue weighted by atomic mass is 9.84. The van der Waals surface area contributed by atoms with Gasteiger partial charge < -0.3 is 20.1 Å². The van der Waals surface area contributed by atoms with Gasteiger partial charge in [0, 0.05) is 0 Å². The Morgan fingerprint density at radius 2 is 1.56 bits per heavy atom. The summed E-state index contributed by atoms with van der Waals surface area (Å²) >= 11 is 0. The zero-order valence-corrected chi connectivity index (χ0v) is 9.80. The van der Waals surface area contributed by atoms with Gasteiger partial charge in [0.05, 0.1) is 6.10 Å². The predicted molar refractivity (Wildman–Crippen MR) is 55.1 cm³/mol. The summed E-state index contributed by atoms with van der Waals surface area (Å²) in [5, 5.41) is 27.4. The highest BCUT2D eigenvalue weighted by atomic mass is 16.6. The summed E-state index contributed by atoms with van der Waals surface area (Å²) in [5.74, 6) is -3.78. The summed E-state index contributed by atoms with van der Waals surface area (Å²) in [6.45, 7) is 6.13. The minimum absolute atomic E-state index is 0.507. The van der Waals surface area contributed by atoms with Gasteiger partial charge in [-0.25, -0.2) is 9.59 Å². The molecule has 0 aromatic carbocycles. The number of carboxylic acid groups (broad SMARTS) is 2. The van der Waals surface area contributed by atoms with E-state index >= 15 is 0 Å². The molecule has 0 spiro atoms. The van der Waals surface area contributed by atoms with E-state index in [9.17, 15) is 14.7 Å². The number of ether oxygens (including phenoxy) is 1. The van der Waals surface area contributed by atoms with Crippen LogP contribution in [-0.2, 0) is 14.3 Å². The molecular formula is C10H18O6. The van der Waals surface area contributed by atoms with Gasteiger partial charge in [-0.2, -0.15) is 0 Å². The van der Waals surface area contributed by atoms with E-state index in [0.717, 1.165) is 0 Å². The molecule has 0 amide bonds. The highest BCUT2D eigenvalue weighted by Gasteiger charge is 2.53. The third-order valence-corrected chi connectivity index (χ3v) is 2.26. The maximum atomic E-state index is 11.2. The van der Waals surface area contributed by atoms with Gasteiger partial charge in [0.1, 0.15) is 0 Å². The van der Waals surface area contributed by atoms with Crippen LogP contribution in [0.3, 0.4) is 0 Å². The quantitative estimate of drug-likeness (QED) is 0.612. The van der Waals surface area contributed by atoms with E-state index < -0.39 is 35.7 Å². The summed E-state index contributed by atoms with van der Waals surface area (Å²) < 4.78 is 5.15. The Labute approximate surface area is 93.8 Å². The van der Waals surface area contributed by atoms with Crippen LogP contribution in [0.5, 0.6) is 0 Å². The predicted octanol–water partition coefficient (Wildman–Crippen LogP) is 0.336. The minimum atomic E-state index is -2.12. The first-order valence-electron chi connectivity index (χ1n) is 4.98. The van der Waals surface area contributed by atoms with Crippen LogP contribution in [-0.4, -0.2) is 45.1 Å². The van der Waals surface area contributed by atoms with Gasteiger partial charge in [-0.05, 0) is 19.8 Å². The fraction of sp³-hybridized carbons (Fsp3) is 0.800. The molecule has 2 atom stereocenters. The molecule has 3 N–H and O–H groups in total. The summed E-state index contributed by atoms with van der Waals surface area (Å²) in [6, 6.07) is 0. The fourth-order valence-corrected chi connectivity index (χ4v) is 1.50. The summed E-state index contributed by atoms with van der Waals surface area (Å²) in [6.07, 6.45) is -2.61. The second-order valence-electron chi connectivity index (χ2n) is 4.16. The van der Waals surface area contributed by atoms with Crippen LogP contribution >= 0.6 is 0 Å². The maximum absolute atomic E-state index is 11.2. The van der Waals surface area contributed by atoms with Crippen LogP contribution in [0, 0.1) is 5.92 Å². The molecule has 0 radical (unpaired) electrons. The van der Waals surface area contributed by atoms with Crippen molar-refractivity contribution in [1.82, 2.24) is 0 Å². The number of aliphatic carboxylic acids is 2. The normalized spacial score (nSPS) is 17.2. The van der Waals surface area contributed by atoms with Gasteiger partial charge >= 0.3 is 11.9 Å². The van der Waals surface area contributed by atoms with Crippen LogP contribution in [0.4, 0.5) is 0 Å². The lowest BCUT2D eigenvalue weighted by Crippen LogP contribution is -2.59. The molecule has 0 rings (SSSR count). The average molecular weight is 234 g/mol. The first-order chi connectivity index (χ1) is 7.16. The van der Waals surface area contributed by atoms with E-state index in [1.165, 1.54) is 13.8 Å². The molecule has 0 bridgehead atoms. The van der Waals surface area contributed by atoms with Crippen molar-refractivity contribution < 1.29 is 29.6 Å². The van der Waals surface area contributed by atoms with Gasteiger partial charge in [0.15, 0.2) is 6.10 Å². The number of carbonyl (C=O) groups is 2.